The van der Waals surface area contributed by atoms with Crippen LogP contribution in [0.1, 0.15) is 6.42 Å². The first-order chi connectivity index (χ1) is 7.15. The molecule has 86 valence electrons. The van der Waals surface area contributed by atoms with E-state index in [-0.39, 0.29) is 25.5 Å². The van der Waals surface area contributed by atoms with E-state index < -0.39 is 12.1 Å². The summed E-state index contributed by atoms with van der Waals surface area (Å²) in [6.45, 7) is 1.20. The molecule has 6 heteroatoms. The molecule has 1 aliphatic heterocycles. The number of ether oxygens (including phenoxy) is 2. The molecule has 1 amide bonds. The number of morpholine rings is 1. The molecule has 1 N–H and O–H groups in total. The van der Waals surface area contributed by atoms with Crippen molar-refractivity contribution in [2.24, 2.45) is 0 Å². The minimum atomic E-state index is -1.03. The zero-order chi connectivity index (χ0) is 11.3. The van der Waals surface area contributed by atoms with Crippen molar-refractivity contribution in [1.82, 2.24) is 4.90 Å². The summed E-state index contributed by atoms with van der Waals surface area (Å²) < 4.78 is 9.78. The second kappa shape index (κ2) is 5.67. The zero-order valence-electron chi connectivity index (χ0n) is 8.64. The summed E-state index contributed by atoms with van der Waals surface area (Å²) in [6.07, 6.45) is -0.617. The van der Waals surface area contributed by atoms with Gasteiger partial charge >= 0.3 is 5.97 Å². The molecule has 1 fully saturated rings. The van der Waals surface area contributed by atoms with E-state index in [2.05, 4.69) is 0 Å². The fraction of sp³-hybridized carbons (Fsp3) is 0.778. The molecule has 1 aliphatic rings. The van der Waals surface area contributed by atoms with Gasteiger partial charge in [-0.05, 0) is 0 Å². The monoisotopic (exact) mass is 217 g/mol. The first kappa shape index (κ1) is 11.9. The zero-order valence-corrected chi connectivity index (χ0v) is 8.64. The van der Waals surface area contributed by atoms with E-state index in [0.717, 1.165) is 0 Å². The van der Waals surface area contributed by atoms with Gasteiger partial charge in [-0.1, -0.05) is 0 Å². The fourth-order valence-corrected chi connectivity index (χ4v) is 1.37. The van der Waals surface area contributed by atoms with E-state index >= 15 is 0 Å². The highest BCUT2D eigenvalue weighted by molar-refractivity contribution is 5.78. The molecule has 0 spiro atoms. The molecular weight excluding hydrogens is 202 g/mol. The number of nitrogens with zero attached hydrogens (tertiary/aromatic N) is 1. The predicted molar refractivity (Wildman–Crippen MR) is 50.4 cm³/mol. The van der Waals surface area contributed by atoms with Crippen LogP contribution in [-0.2, 0) is 19.1 Å². The number of hydrogen-bond acceptors (Lipinski definition) is 4. The maximum atomic E-state index is 11.5. The van der Waals surface area contributed by atoms with Gasteiger partial charge in [0.2, 0.25) is 5.91 Å². The lowest BCUT2D eigenvalue weighted by molar-refractivity contribution is -0.159. The van der Waals surface area contributed by atoms with Crippen LogP contribution in [0.3, 0.4) is 0 Å². The summed E-state index contributed by atoms with van der Waals surface area (Å²) >= 11 is 0. The molecule has 0 aromatic heterocycles. The summed E-state index contributed by atoms with van der Waals surface area (Å²) in [7, 11) is 1.52. The summed E-state index contributed by atoms with van der Waals surface area (Å²) in [5.41, 5.74) is 0. The van der Waals surface area contributed by atoms with Gasteiger partial charge in [0.1, 0.15) is 0 Å². The van der Waals surface area contributed by atoms with Gasteiger partial charge in [-0.25, -0.2) is 4.79 Å². The lowest BCUT2D eigenvalue weighted by Crippen LogP contribution is -2.48. The molecular formula is C9H15NO5. The topological polar surface area (TPSA) is 76.1 Å². The maximum Gasteiger partial charge on any atom is 0.334 e. The van der Waals surface area contributed by atoms with E-state index in [1.807, 2.05) is 0 Å². The van der Waals surface area contributed by atoms with Gasteiger partial charge in [-0.2, -0.15) is 0 Å². The quantitative estimate of drug-likeness (QED) is 0.676. The Kier molecular flexibility index (Phi) is 4.51. The minimum Gasteiger partial charge on any atom is -0.479 e. The van der Waals surface area contributed by atoms with Crippen molar-refractivity contribution >= 4 is 11.9 Å². The van der Waals surface area contributed by atoms with E-state index in [1.165, 1.54) is 12.0 Å². The van der Waals surface area contributed by atoms with Gasteiger partial charge in [-0.3, -0.25) is 4.79 Å². The molecule has 6 nitrogen and oxygen atoms in total. The Morgan fingerprint density at radius 3 is 2.93 bits per heavy atom. The van der Waals surface area contributed by atoms with Gasteiger partial charge in [0, 0.05) is 13.7 Å². The van der Waals surface area contributed by atoms with Crippen LogP contribution in [0.5, 0.6) is 0 Å². The van der Waals surface area contributed by atoms with Crippen LogP contribution < -0.4 is 0 Å². The van der Waals surface area contributed by atoms with Crippen molar-refractivity contribution in [3.05, 3.63) is 0 Å². The van der Waals surface area contributed by atoms with Crippen LogP contribution in [-0.4, -0.2) is 61.4 Å². The third kappa shape index (κ3) is 3.49. The molecule has 1 rings (SSSR count). The third-order valence-corrected chi connectivity index (χ3v) is 2.21. The summed E-state index contributed by atoms with van der Waals surface area (Å²) in [6, 6.07) is 0. The van der Waals surface area contributed by atoms with Crippen LogP contribution in [0.25, 0.3) is 0 Å². The van der Waals surface area contributed by atoms with E-state index in [9.17, 15) is 9.59 Å². The lowest BCUT2D eigenvalue weighted by Gasteiger charge is -2.30. The number of amides is 1. The Balaban J connectivity index is 2.41. The second-order valence-corrected chi connectivity index (χ2v) is 3.28. The van der Waals surface area contributed by atoms with Gasteiger partial charge in [0.05, 0.1) is 26.2 Å². The highest BCUT2D eigenvalue weighted by atomic mass is 16.5. The smallest absolute Gasteiger partial charge is 0.334 e. The van der Waals surface area contributed by atoms with Gasteiger partial charge < -0.3 is 19.5 Å². The summed E-state index contributed by atoms with van der Waals surface area (Å²) in [5.74, 6) is -1.12. The Bertz CT molecular complexity index is 243. The molecule has 0 saturated carbocycles. The van der Waals surface area contributed by atoms with Crippen molar-refractivity contribution < 1.29 is 24.2 Å². The normalized spacial score (nSPS) is 21.4. The number of carboxylic acid groups (broad SMARTS) is 1. The Morgan fingerprint density at radius 2 is 2.33 bits per heavy atom. The average Bonchev–Trinajstić information content (AvgIpc) is 2.26. The number of carboxylic acids is 1. The molecule has 1 saturated heterocycles. The van der Waals surface area contributed by atoms with E-state index in [4.69, 9.17) is 14.6 Å². The van der Waals surface area contributed by atoms with Gasteiger partial charge in [-0.15, -0.1) is 0 Å². The average molecular weight is 217 g/mol. The highest BCUT2D eigenvalue weighted by Gasteiger charge is 2.28. The van der Waals surface area contributed by atoms with Crippen molar-refractivity contribution in [3.63, 3.8) is 0 Å². The fourth-order valence-electron chi connectivity index (χ4n) is 1.37. The van der Waals surface area contributed by atoms with Crippen molar-refractivity contribution in [1.29, 1.82) is 0 Å². The molecule has 0 radical (unpaired) electrons. The molecule has 1 unspecified atom stereocenters. The first-order valence-electron chi connectivity index (χ1n) is 4.76. The molecule has 0 aliphatic carbocycles. The largest absolute Gasteiger partial charge is 0.479 e. The highest BCUT2D eigenvalue weighted by Crippen LogP contribution is 2.07. The number of hydrogen-bond donors (Lipinski definition) is 1. The number of rotatable bonds is 4. The van der Waals surface area contributed by atoms with Gasteiger partial charge in [0.25, 0.3) is 0 Å². The molecule has 0 aromatic rings. The Hall–Kier alpha value is -1.14. The Morgan fingerprint density at radius 1 is 1.60 bits per heavy atom. The lowest BCUT2D eigenvalue weighted by atomic mass is 10.2. The molecule has 1 atom stereocenters. The van der Waals surface area contributed by atoms with E-state index in [1.54, 1.807) is 0 Å². The second-order valence-electron chi connectivity index (χ2n) is 3.28. The van der Waals surface area contributed by atoms with Crippen LogP contribution >= 0.6 is 0 Å². The van der Waals surface area contributed by atoms with Crippen molar-refractivity contribution in [2.75, 3.05) is 33.4 Å². The first-order valence-corrected chi connectivity index (χ1v) is 4.76. The summed E-state index contributed by atoms with van der Waals surface area (Å²) in [5, 5.41) is 8.73. The predicted octanol–water partition coefficient (Wildman–Crippen LogP) is -0.665. The SMILES string of the molecule is COCCC(=O)N1CCOC(C(=O)O)C1. The number of carbonyl (C=O) groups excluding carboxylic acids is 1. The van der Waals surface area contributed by atoms with Crippen molar-refractivity contribution in [2.45, 2.75) is 12.5 Å². The van der Waals surface area contributed by atoms with Crippen molar-refractivity contribution in [3.8, 4) is 0 Å². The van der Waals surface area contributed by atoms with Crippen LogP contribution in [0, 0.1) is 0 Å². The molecule has 1 heterocycles. The van der Waals surface area contributed by atoms with E-state index in [0.29, 0.717) is 13.2 Å². The van der Waals surface area contributed by atoms with Crippen LogP contribution in [0.4, 0.5) is 0 Å². The van der Waals surface area contributed by atoms with Crippen LogP contribution in [0.2, 0.25) is 0 Å². The molecule has 15 heavy (non-hydrogen) atoms. The van der Waals surface area contributed by atoms with Gasteiger partial charge in [0.15, 0.2) is 6.10 Å². The Labute approximate surface area is 87.8 Å². The minimum absolute atomic E-state index is 0.0913. The molecule has 0 bridgehead atoms. The maximum absolute atomic E-state index is 11.5. The molecule has 0 aromatic carbocycles. The van der Waals surface area contributed by atoms with Crippen LogP contribution in [0.15, 0.2) is 0 Å². The number of aliphatic carboxylic acids is 1. The number of methoxy groups -OCH3 is 1. The summed E-state index contributed by atoms with van der Waals surface area (Å²) in [4.78, 5) is 23.7. The third-order valence-electron chi connectivity index (χ3n) is 2.21. The number of carbonyl (C=O) groups is 2. The standard InChI is InChI=1S/C9H15NO5/c1-14-4-2-8(11)10-3-5-15-7(6-10)9(12)13/h7H,2-6H2,1H3,(H,12,13).